The van der Waals surface area contributed by atoms with Crippen molar-refractivity contribution in [2.75, 3.05) is 19.6 Å². The fourth-order valence-electron chi connectivity index (χ4n) is 1.46. The van der Waals surface area contributed by atoms with Crippen LogP contribution in [-0.4, -0.2) is 25.5 Å². The van der Waals surface area contributed by atoms with Gasteiger partial charge < -0.3 is 10.6 Å². The van der Waals surface area contributed by atoms with Crippen LogP contribution in [0.5, 0.6) is 0 Å². The molecule has 1 amide bonds. The van der Waals surface area contributed by atoms with Gasteiger partial charge in [0.15, 0.2) is 0 Å². The SMILES string of the molecule is CCCNCCNC(=O)CCCC(C)(C)C.Cl. The minimum absolute atomic E-state index is 0. The third-order valence-electron chi connectivity index (χ3n) is 2.38. The third kappa shape index (κ3) is 15.7. The molecule has 3 nitrogen and oxygen atoms in total. The van der Waals surface area contributed by atoms with Crippen molar-refractivity contribution in [3.8, 4) is 0 Å². The maximum Gasteiger partial charge on any atom is 0.220 e. The van der Waals surface area contributed by atoms with Gasteiger partial charge in [0.05, 0.1) is 0 Å². The highest BCUT2D eigenvalue weighted by Crippen LogP contribution is 2.21. The zero-order valence-corrected chi connectivity index (χ0v) is 12.6. The summed E-state index contributed by atoms with van der Waals surface area (Å²) in [6.07, 6.45) is 3.89. The zero-order chi connectivity index (χ0) is 12.4. The van der Waals surface area contributed by atoms with E-state index < -0.39 is 0 Å². The van der Waals surface area contributed by atoms with Gasteiger partial charge in [0.2, 0.25) is 5.91 Å². The Balaban J connectivity index is 0. The highest BCUT2D eigenvalue weighted by molar-refractivity contribution is 5.85. The number of nitrogens with one attached hydrogen (secondary N) is 2. The quantitative estimate of drug-likeness (QED) is 0.662. The average molecular weight is 265 g/mol. The predicted molar refractivity (Wildman–Crippen MR) is 76.7 cm³/mol. The molecule has 0 aliphatic carbocycles. The van der Waals surface area contributed by atoms with Crippen LogP contribution in [-0.2, 0) is 4.79 Å². The van der Waals surface area contributed by atoms with Crippen LogP contribution in [0.3, 0.4) is 0 Å². The molecule has 0 fully saturated rings. The lowest BCUT2D eigenvalue weighted by atomic mass is 9.90. The van der Waals surface area contributed by atoms with E-state index in [1.807, 2.05) is 0 Å². The van der Waals surface area contributed by atoms with Gasteiger partial charge in [0.1, 0.15) is 0 Å². The fourth-order valence-corrected chi connectivity index (χ4v) is 1.46. The van der Waals surface area contributed by atoms with Crippen molar-refractivity contribution in [2.45, 2.75) is 53.4 Å². The molecule has 0 radical (unpaired) electrons. The van der Waals surface area contributed by atoms with E-state index in [0.717, 1.165) is 38.9 Å². The zero-order valence-electron chi connectivity index (χ0n) is 11.8. The molecule has 0 aromatic heterocycles. The Hall–Kier alpha value is -0.280. The molecule has 4 heteroatoms. The van der Waals surface area contributed by atoms with Gasteiger partial charge in [-0.2, -0.15) is 0 Å². The lowest BCUT2D eigenvalue weighted by molar-refractivity contribution is -0.121. The second-order valence-electron chi connectivity index (χ2n) is 5.51. The molecule has 0 unspecified atom stereocenters. The molecule has 0 saturated heterocycles. The number of carbonyl (C=O) groups excluding carboxylic acids is 1. The molecule has 0 saturated carbocycles. The Morgan fingerprint density at radius 1 is 1.12 bits per heavy atom. The van der Waals surface area contributed by atoms with Gasteiger partial charge in [0, 0.05) is 19.5 Å². The minimum atomic E-state index is 0. The van der Waals surface area contributed by atoms with Crippen LogP contribution in [0.15, 0.2) is 0 Å². The summed E-state index contributed by atoms with van der Waals surface area (Å²) in [4.78, 5) is 11.4. The predicted octanol–water partition coefficient (Wildman–Crippen LogP) is 2.74. The number of hydrogen-bond donors (Lipinski definition) is 2. The second kappa shape index (κ2) is 10.8. The molecule has 0 spiro atoms. The fraction of sp³-hybridized carbons (Fsp3) is 0.923. The summed E-state index contributed by atoms with van der Waals surface area (Å²) in [6, 6.07) is 0. The van der Waals surface area contributed by atoms with Gasteiger partial charge in [-0.25, -0.2) is 0 Å². The van der Waals surface area contributed by atoms with Crippen LogP contribution in [0, 0.1) is 5.41 Å². The average Bonchev–Trinajstić information content (AvgIpc) is 2.15. The Morgan fingerprint density at radius 3 is 2.29 bits per heavy atom. The van der Waals surface area contributed by atoms with Gasteiger partial charge in [-0.3, -0.25) is 4.79 Å². The molecule has 2 N–H and O–H groups in total. The Morgan fingerprint density at radius 2 is 1.76 bits per heavy atom. The van der Waals surface area contributed by atoms with Gasteiger partial charge in [-0.15, -0.1) is 12.4 Å². The molecule has 17 heavy (non-hydrogen) atoms. The van der Waals surface area contributed by atoms with Gasteiger partial charge in [-0.05, 0) is 31.2 Å². The summed E-state index contributed by atoms with van der Waals surface area (Å²) < 4.78 is 0. The number of rotatable bonds is 8. The van der Waals surface area contributed by atoms with E-state index in [9.17, 15) is 4.79 Å². The van der Waals surface area contributed by atoms with Crippen molar-refractivity contribution >= 4 is 18.3 Å². The Labute approximate surface area is 113 Å². The van der Waals surface area contributed by atoms with Crippen LogP contribution in [0.2, 0.25) is 0 Å². The van der Waals surface area contributed by atoms with Crippen LogP contribution < -0.4 is 10.6 Å². The molecule has 0 heterocycles. The van der Waals surface area contributed by atoms with Crippen molar-refractivity contribution < 1.29 is 4.79 Å². The highest BCUT2D eigenvalue weighted by atomic mass is 35.5. The van der Waals surface area contributed by atoms with Crippen LogP contribution >= 0.6 is 12.4 Å². The molecular formula is C13H29ClN2O. The molecule has 0 atom stereocenters. The molecule has 0 rings (SSSR count). The van der Waals surface area contributed by atoms with E-state index in [4.69, 9.17) is 0 Å². The lowest BCUT2D eigenvalue weighted by Crippen LogP contribution is -2.32. The maximum atomic E-state index is 11.4. The molecule has 0 aliphatic rings. The number of halogens is 1. The van der Waals surface area contributed by atoms with Crippen molar-refractivity contribution in [2.24, 2.45) is 5.41 Å². The van der Waals surface area contributed by atoms with Crippen molar-refractivity contribution in [3.05, 3.63) is 0 Å². The van der Waals surface area contributed by atoms with Gasteiger partial charge in [0.25, 0.3) is 0 Å². The van der Waals surface area contributed by atoms with Crippen LogP contribution in [0.25, 0.3) is 0 Å². The number of hydrogen-bond acceptors (Lipinski definition) is 2. The maximum absolute atomic E-state index is 11.4. The first kappa shape index (κ1) is 19.1. The Kier molecular flexibility index (Phi) is 12.2. The molecular weight excluding hydrogens is 236 g/mol. The Bertz CT molecular complexity index is 190. The van der Waals surface area contributed by atoms with Crippen molar-refractivity contribution in [1.29, 1.82) is 0 Å². The van der Waals surface area contributed by atoms with Gasteiger partial charge in [-0.1, -0.05) is 27.7 Å². The first-order valence-corrected chi connectivity index (χ1v) is 6.43. The first-order valence-electron chi connectivity index (χ1n) is 6.43. The number of amides is 1. The van der Waals surface area contributed by atoms with Crippen molar-refractivity contribution in [3.63, 3.8) is 0 Å². The summed E-state index contributed by atoms with van der Waals surface area (Å²) in [7, 11) is 0. The molecule has 0 bridgehead atoms. The van der Waals surface area contributed by atoms with E-state index in [0.29, 0.717) is 11.8 Å². The molecule has 0 aromatic rings. The molecule has 104 valence electrons. The first-order chi connectivity index (χ1) is 7.45. The monoisotopic (exact) mass is 264 g/mol. The summed E-state index contributed by atoms with van der Waals surface area (Å²) in [5, 5.41) is 6.18. The topological polar surface area (TPSA) is 41.1 Å². The summed E-state index contributed by atoms with van der Waals surface area (Å²) in [5.74, 6) is 0.183. The normalized spacial score (nSPS) is 10.8. The summed E-state index contributed by atoms with van der Waals surface area (Å²) in [5.41, 5.74) is 0.336. The van der Waals surface area contributed by atoms with Crippen LogP contribution in [0.1, 0.15) is 53.4 Å². The van der Waals surface area contributed by atoms with E-state index >= 15 is 0 Å². The van der Waals surface area contributed by atoms with E-state index in [-0.39, 0.29) is 18.3 Å². The third-order valence-corrected chi connectivity index (χ3v) is 2.38. The smallest absolute Gasteiger partial charge is 0.220 e. The standard InChI is InChI=1S/C13H28N2O.ClH/c1-5-9-14-10-11-15-12(16)7-6-8-13(2,3)4;/h14H,5-11H2,1-4H3,(H,15,16);1H. The summed E-state index contributed by atoms with van der Waals surface area (Å²) >= 11 is 0. The minimum Gasteiger partial charge on any atom is -0.355 e. The van der Waals surface area contributed by atoms with Crippen molar-refractivity contribution in [1.82, 2.24) is 10.6 Å². The molecule has 0 aliphatic heterocycles. The lowest BCUT2D eigenvalue weighted by Gasteiger charge is -2.17. The van der Waals surface area contributed by atoms with E-state index in [1.165, 1.54) is 0 Å². The largest absolute Gasteiger partial charge is 0.355 e. The molecule has 0 aromatic carbocycles. The van der Waals surface area contributed by atoms with E-state index in [2.05, 4.69) is 38.3 Å². The second-order valence-corrected chi connectivity index (χ2v) is 5.51. The number of carbonyl (C=O) groups is 1. The summed E-state index contributed by atoms with van der Waals surface area (Å²) in [6.45, 7) is 11.4. The van der Waals surface area contributed by atoms with Crippen LogP contribution in [0.4, 0.5) is 0 Å². The highest BCUT2D eigenvalue weighted by Gasteiger charge is 2.10. The van der Waals surface area contributed by atoms with Gasteiger partial charge >= 0.3 is 0 Å². The van der Waals surface area contributed by atoms with E-state index in [1.54, 1.807) is 0 Å².